The van der Waals surface area contributed by atoms with E-state index in [1.165, 1.54) is 0 Å². The number of aryl methyl sites for hydroxylation is 2. The van der Waals surface area contributed by atoms with Gasteiger partial charge in [-0.05, 0) is 31.1 Å². The second kappa shape index (κ2) is 7.87. The molecule has 0 radical (unpaired) electrons. The standard InChI is InChI=1S/C15H20N4O3S/c1-3-22-13(20)5-4-6-19-10-12(14(21)17-15(19)23)7-11-8-16-18(2)9-11/h8-10H,3-7H2,1-2H3,(H,17,21,23). The molecular weight excluding hydrogens is 316 g/mol. The molecule has 23 heavy (non-hydrogen) atoms. The Morgan fingerprint density at radius 1 is 1.43 bits per heavy atom. The topological polar surface area (TPSA) is 81.9 Å². The van der Waals surface area contributed by atoms with Crippen LogP contribution in [0.5, 0.6) is 0 Å². The van der Waals surface area contributed by atoms with Gasteiger partial charge in [-0.15, -0.1) is 0 Å². The maximum Gasteiger partial charge on any atom is 0.305 e. The Kier molecular flexibility index (Phi) is 5.86. The molecule has 0 aliphatic rings. The summed E-state index contributed by atoms with van der Waals surface area (Å²) in [6.45, 7) is 2.71. The van der Waals surface area contributed by atoms with Crippen LogP contribution >= 0.6 is 12.2 Å². The van der Waals surface area contributed by atoms with Crippen molar-refractivity contribution in [2.45, 2.75) is 32.7 Å². The summed E-state index contributed by atoms with van der Waals surface area (Å²) in [5.74, 6) is -0.223. The van der Waals surface area contributed by atoms with Gasteiger partial charge in [-0.2, -0.15) is 5.10 Å². The largest absolute Gasteiger partial charge is 0.466 e. The van der Waals surface area contributed by atoms with Crippen LogP contribution in [0.3, 0.4) is 0 Å². The minimum Gasteiger partial charge on any atom is -0.466 e. The number of rotatable bonds is 7. The van der Waals surface area contributed by atoms with Gasteiger partial charge in [-0.3, -0.25) is 19.3 Å². The van der Waals surface area contributed by atoms with Gasteiger partial charge in [0.15, 0.2) is 4.77 Å². The first-order valence-electron chi connectivity index (χ1n) is 7.45. The van der Waals surface area contributed by atoms with E-state index in [-0.39, 0.29) is 11.5 Å². The summed E-state index contributed by atoms with van der Waals surface area (Å²) in [5, 5.41) is 4.09. The van der Waals surface area contributed by atoms with Crippen LogP contribution in [0.2, 0.25) is 0 Å². The number of esters is 1. The molecule has 0 atom stereocenters. The van der Waals surface area contributed by atoms with Crippen molar-refractivity contribution in [1.29, 1.82) is 0 Å². The quantitative estimate of drug-likeness (QED) is 0.613. The molecule has 0 saturated carbocycles. The van der Waals surface area contributed by atoms with Gasteiger partial charge in [0.25, 0.3) is 5.56 Å². The van der Waals surface area contributed by atoms with E-state index < -0.39 is 0 Å². The SMILES string of the molecule is CCOC(=O)CCCn1cc(Cc2cnn(C)c2)c(=O)[nH]c1=S. The molecule has 8 heteroatoms. The molecule has 124 valence electrons. The molecule has 0 bridgehead atoms. The summed E-state index contributed by atoms with van der Waals surface area (Å²) in [5.41, 5.74) is 1.37. The maximum atomic E-state index is 12.0. The lowest BCUT2D eigenvalue weighted by atomic mass is 10.1. The maximum absolute atomic E-state index is 12.0. The Morgan fingerprint density at radius 2 is 2.22 bits per heavy atom. The smallest absolute Gasteiger partial charge is 0.305 e. The lowest BCUT2D eigenvalue weighted by Crippen LogP contribution is -2.18. The summed E-state index contributed by atoms with van der Waals surface area (Å²) in [6, 6.07) is 0. The van der Waals surface area contributed by atoms with Crippen LogP contribution < -0.4 is 5.56 Å². The highest BCUT2D eigenvalue weighted by Crippen LogP contribution is 2.06. The number of carbonyl (C=O) groups is 1. The predicted molar refractivity (Wildman–Crippen MR) is 87.8 cm³/mol. The highest BCUT2D eigenvalue weighted by molar-refractivity contribution is 7.71. The van der Waals surface area contributed by atoms with Crippen molar-refractivity contribution in [3.05, 3.63) is 44.8 Å². The summed E-state index contributed by atoms with van der Waals surface area (Å²) in [7, 11) is 1.83. The molecule has 0 aromatic carbocycles. The van der Waals surface area contributed by atoms with Crippen molar-refractivity contribution in [3.63, 3.8) is 0 Å². The second-order valence-corrected chi connectivity index (χ2v) is 5.60. The number of hydrogen-bond donors (Lipinski definition) is 1. The molecule has 2 aromatic rings. The van der Waals surface area contributed by atoms with E-state index in [2.05, 4.69) is 10.1 Å². The fraction of sp³-hybridized carbons (Fsp3) is 0.467. The summed E-state index contributed by atoms with van der Waals surface area (Å²) < 4.78 is 8.72. The fourth-order valence-corrected chi connectivity index (χ4v) is 2.49. The number of nitrogens with zero attached hydrogens (tertiary/aromatic N) is 3. The third-order valence-corrected chi connectivity index (χ3v) is 3.66. The van der Waals surface area contributed by atoms with Crippen molar-refractivity contribution < 1.29 is 9.53 Å². The minimum atomic E-state index is -0.223. The third-order valence-electron chi connectivity index (χ3n) is 3.32. The normalized spacial score (nSPS) is 10.7. The number of hydrogen-bond acceptors (Lipinski definition) is 5. The molecule has 0 aliphatic carbocycles. The first-order chi connectivity index (χ1) is 11.0. The van der Waals surface area contributed by atoms with Crippen LogP contribution in [-0.2, 0) is 29.5 Å². The third kappa shape index (κ3) is 4.88. The molecule has 0 amide bonds. The molecule has 2 aromatic heterocycles. The van der Waals surface area contributed by atoms with Gasteiger partial charge < -0.3 is 9.30 Å². The van der Waals surface area contributed by atoms with Crippen LogP contribution in [0.1, 0.15) is 30.9 Å². The molecule has 2 heterocycles. The van der Waals surface area contributed by atoms with Crippen molar-refractivity contribution in [2.75, 3.05) is 6.61 Å². The molecule has 0 spiro atoms. The average Bonchev–Trinajstić information content (AvgIpc) is 2.89. The van der Waals surface area contributed by atoms with Crippen LogP contribution in [0.4, 0.5) is 0 Å². The Labute approximate surface area is 138 Å². The van der Waals surface area contributed by atoms with Gasteiger partial charge in [-0.1, -0.05) is 0 Å². The number of aromatic nitrogens is 4. The number of H-pyrrole nitrogens is 1. The lowest BCUT2D eigenvalue weighted by molar-refractivity contribution is -0.143. The highest BCUT2D eigenvalue weighted by Gasteiger charge is 2.07. The number of carbonyl (C=O) groups excluding carboxylic acids is 1. The van der Waals surface area contributed by atoms with E-state index in [0.29, 0.717) is 42.7 Å². The Morgan fingerprint density at radius 3 is 2.87 bits per heavy atom. The highest BCUT2D eigenvalue weighted by atomic mass is 32.1. The molecule has 2 rings (SSSR count). The molecule has 0 aliphatic heterocycles. The zero-order valence-electron chi connectivity index (χ0n) is 13.2. The molecule has 0 unspecified atom stereocenters. The van der Waals surface area contributed by atoms with Crippen LogP contribution in [0, 0.1) is 4.77 Å². The number of nitrogens with one attached hydrogen (secondary N) is 1. The van der Waals surface area contributed by atoms with E-state index in [1.807, 2.05) is 13.2 Å². The second-order valence-electron chi connectivity index (χ2n) is 5.21. The lowest BCUT2D eigenvalue weighted by Gasteiger charge is -2.08. The first-order valence-corrected chi connectivity index (χ1v) is 7.86. The van der Waals surface area contributed by atoms with Gasteiger partial charge >= 0.3 is 5.97 Å². The van der Waals surface area contributed by atoms with Gasteiger partial charge in [0, 0.05) is 44.4 Å². The first kappa shape index (κ1) is 17.1. The predicted octanol–water partition coefficient (Wildman–Crippen LogP) is 1.57. The molecule has 7 nitrogen and oxygen atoms in total. The average molecular weight is 336 g/mol. The molecular formula is C15H20N4O3S. The summed E-state index contributed by atoms with van der Waals surface area (Å²) >= 11 is 5.17. The van der Waals surface area contributed by atoms with Crippen molar-refractivity contribution in [1.82, 2.24) is 19.3 Å². The van der Waals surface area contributed by atoms with E-state index >= 15 is 0 Å². The van der Waals surface area contributed by atoms with E-state index in [9.17, 15) is 9.59 Å². The van der Waals surface area contributed by atoms with Gasteiger partial charge in [-0.25, -0.2) is 0 Å². The molecule has 0 fully saturated rings. The number of ether oxygens (including phenoxy) is 1. The Bertz CT molecular complexity index is 791. The summed E-state index contributed by atoms with van der Waals surface area (Å²) in [4.78, 5) is 26.1. The summed E-state index contributed by atoms with van der Waals surface area (Å²) in [6.07, 6.45) is 6.76. The zero-order chi connectivity index (χ0) is 16.8. The fourth-order valence-electron chi connectivity index (χ4n) is 2.26. The molecule has 1 N–H and O–H groups in total. The van der Waals surface area contributed by atoms with Crippen LogP contribution in [-0.4, -0.2) is 31.9 Å². The van der Waals surface area contributed by atoms with Crippen LogP contribution in [0.15, 0.2) is 23.4 Å². The van der Waals surface area contributed by atoms with Crippen molar-refractivity contribution in [2.24, 2.45) is 7.05 Å². The van der Waals surface area contributed by atoms with Crippen LogP contribution in [0.25, 0.3) is 0 Å². The van der Waals surface area contributed by atoms with E-state index in [4.69, 9.17) is 17.0 Å². The van der Waals surface area contributed by atoms with Crippen molar-refractivity contribution >= 4 is 18.2 Å². The Hall–Kier alpha value is -2.22. The number of aromatic amines is 1. The van der Waals surface area contributed by atoms with E-state index in [0.717, 1.165) is 5.56 Å². The minimum absolute atomic E-state index is 0.194. The van der Waals surface area contributed by atoms with Gasteiger partial charge in [0.2, 0.25) is 0 Å². The molecule has 0 saturated heterocycles. The zero-order valence-corrected chi connectivity index (χ0v) is 14.1. The van der Waals surface area contributed by atoms with Crippen molar-refractivity contribution in [3.8, 4) is 0 Å². The van der Waals surface area contributed by atoms with E-state index in [1.54, 1.807) is 28.6 Å². The van der Waals surface area contributed by atoms with Gasteiger partial charge in [0.1, 0.15) is 0 Å². The monoisotopic (exact) mass is 336 g/mol. The van der Waals surface area contributed by atoms with Gasteiger partial charge in [0.05, 0.1) is 12.8 Å². The Balaban J connectivity index is 2.08.